The summed E-state index contributed by atoms with van der Waals surface area (Å²) in [5.74, 6) is 0.359. The first kappa shape index (κ1) is 27.0. The Labute approximate surface area is 250 Å². The van der Waals surface area contributed by atoms with Gasteiger partial charge in [-0.15, -0.1) is 0 Å². The maximum absolute atomic E-state index is 16.7. The molecule has 8 nitrogen and oxygen atoms in total. The molecule has 9 heteroatoms. The van der Waals surface area contributed by atoms with Crippen LogP contribution in [0.15, 0.2) is 48.5 Å². The number of hydrogen-bond donors (Lipinski definition) is 2. The Kier molecular flexibility index (Phi) is 6.65. The maximum Gasteiger partial charge on any atom is 0.319 e. The molecule has 4 aromatic rings. The predicted octanol–water partition coefficient (Wildman–Crippen LogP) is 4.95. The summed E-state index contributed by atoms with van der Waals surface area (Å²) in [6.07, 6.45) is 6.71. The molecule has 0 aliphatic carbocycles. The summed E-state index contributed by atoms with van der Waals surface area (Å²) in [5.41, 5.74) is 1.27. The number of ether oxygens (including phenoxy) is 1. The molecular formula is C34H38FN5O3. The van der Waals surface area contributed by atoms with E-state index in [0.29, 0.717) is 47.6 Å². The normalized spacial score (nSPS) is 23.4. The van der Waals surface area contributed by atoms with Crippen molar-refractivity contribution in [2.24, 2.45) is 0 Å². The predicted molar refractivity (Wildman–Crippen MR) is 165 cm³/mol. The van der Waals surface area contributed by atoms with Gasteiger partial charge in [-0.25, -0.2) is 4.39 Å². The van der Waals surface area contributed by atoms with Crippen molar-refractivity contribution in [3.05, 3.63) is 54.3 Å². The molecule has 2 unspecified atom stereocenters. The number of aromatic nitrogens is 2. The van der Waals surface area contributed by atoms with Crippen LogP contribution in [0, 0.1) is 5.82 Å². The summed E-state index contributed by atoms with van der Waals surface area (Å²) in [5, 5.41) is 22.5. The van der Waals surface area contributed by atoms with Crippen LogP contribution in [-0.2, 0) is 0 Å². The zero-order chi connectivity index (χ0) is 29.1. The molecular weight excluding hydrogens is 545 g/mol. The van der Waals surface area contributed by atoms with Crippen LogP contribution in [0.25, 0.3) is 32.8 Å². The number of phenols is 1. The molecule has 4 aliphatic rings. The van der Waals surface area contributed by atoms with Crippen LogP contribution in [0.5, 0.6) is 11.8 Å². The van der Waals surface area contributed by atoms with Gasteiger partial charge in [0.15, 0.2) is 5.82 Å². The van der Waals surface area contributed by atoms with E-state index >= 15 is 4.39 Å². The summed E-state index contributed by atoms with van der Waals surface area (Å²) in [4.78, 5) is 16.9. The van der Waals surface area contributed by atoms with E-state index in [-0.39, 0.29) is 29.4 Å². The minimum absolute atomic E-state index is 0.0222. The molecule has 8 rings (SSSR count). The second kappa shape index (κ2) is 10.6. The van der Waals surface area contributed by atoms with Gasteiger partial charge in [0.05, 0.1) is 12.1 Å². The van der Waals surface area contributed by atoms with Gasteiger partial charge in [0.1, 0.15) is 23.7 Å². The lowest BCUT2D eigenvalue weighted by molar-refractivity contribution is 0.107. The van der Waals surface area contributed by atoms with E-state index in [1.165, 1.54) is 12.8 Å². The molecule has 4 aliphatic heterocycles. The quantitative estimate of drug-likeness (QED) is 0.316. The smallest absolute Gasteiger partial charge is 0.319 e. The van der Waals surface area contributed by atoms with Gasteiger partial charge in [-0.3, -0.25) is 9.80 Å². The van der Waals surface area contributed by atoms with E-state index in [2.05, 4.69) is 14.7 Å². The van der Waals surface area contributed by atoms with Gasteiger partial charge >= 0.3 is 6.01 Å². The summed E-state index contributed by atoms with van der Waals surface area (Å²) in [7, 11) is 0. The Morgan fingerprint density at radius 3 is 2.47 bits per heavy atom. The number of aromatic hydroxyl groups is 1. The largest absolute Gasteiger partial charge is 0.508 e. The first-order valence-electron chi connectivity index (χ1n) is 15.7. The van der Waals surface area contributed by atoms with Crippen molar-refractivity contribution in [1.29, 1.82) is 0 Å². The third kappa shape index (κ3) is 4.51. The number of rotatable bonds is 7. The van der Waals surface area contributed by atoms with Crippen LogP contribution < -0.4 is 9.64 Å². The number of benzene rings is 3. The highest BCUT2D eigenvalue weighted by atomic mass is 19.1. The van der Waals surface area contributed by atoms with Gasteiger partial charge in [-0.05, 0) is 86.1 Å². The molecule has 0 saturated carbocycles. The van der Waals surface area contributed by atoms with Crippen molar-refractivity contribution < 1.29 is 19.3 Å². The van der Waals surface area contributed by atoms with Crippen LogP contribution in [0.3, 0.4) is 0 Å². The molecule has 3 aromatic carbocycles. The summed E-state index contributed by atoms with van der Waals surface area (Å²) >= 11 is 0. The number of halogens is 1. The van der Waals surface area contributed by atoms with E-state index in [1.54, 1.807) is 18.2 Å². The molecule has 43 heavy (non-hydrogen) atoms. The topological polar surface area (TPSA) is 85.2 Å². The first-order valence-corrected chi connectivity index (χ1v) is 15.7. The SMILES string of the molecule is OCCN1C2CCC1CN(c1nc(OCC34CCCN3CCC4)nc3c(F)c(-c4cc(O)cc5ccccc45)ccc13)C2. The Balaban J connectivity index is 1.23. The van der Waals surface area contributed by atoms with Crippen LogP contribution in [-0.4, -0.2) is 93.5 Å². The lowest BCUT2D eigenvalue weighted by Gasteiger charge is -2.41. The fourth-order valence-electron chi connectivity index (χ4n) is 8.46. The van der Waals surface area contributed by atoms with E-state index < -0.39 is 5.82 Å². The highest BCUT2D eigenvalue weighted by molar-refractivity contribution is 6.01. The highest BCUT2D eigenvalue weighted by Gasteiger charge is 2.45. The zero-order valence-electron chi connectivity index (χ0n) is 24.4. The summed E-state index contributed by atoms with van der Waals surface area (Å²) in [6, 6.07) is 15.6. The molecule has 2 N–H and O–H groups in total. The third-order valence-electron chi connectivity index (χ3n) is 10.5. The van der Waals surface area contributed by atoms with Crippen LogP contribution in [0.1, 0.15) is 38.5 Å². The van der Waals surface area contributed by atoms with Gasteiger partial charge in [0, 0.05) is 42.7 Å². The van der Waals surface area contributed by atoms with Crippen molar-refractivity contribution in [2.45, 2.75) is 56.1 Å². The standard InChI is InChI=1S/C34H38FN5O3/c35-30-27(29-18-25(42)17-22-5-1-2-6-26(22)29)9-10-28-31(30)36-33(43-21-34-11-3-13-39(34)14-4-12-34)37-32(28)38-19-23-7-8-24(20-38)40(23)15-16-41/h1-2,5-6,9-10,17-18,23-24,41-42H,3-4,7-8,11-16,19-21H2. The second-order valence-electron chi connectivity index (χ2n) is 12.8. The number of nitrogens with zero attached hydrogens (tertiary/aromatic N) is 5. The van der Waals surface area contributed by atoms with Crippen molar-refractivity contribution in [2.75, 3.05) is 50.8 Å². The minimum atomic E-state index is -0.440. The lowest BCUT2D eigenvalue weighted by Crippen LogP contribution is -2.54. The third-order valence-corrected chi connectivity index (χ3v) is 10.5. The van der Waals surface area contributed by atoms with Crippen LogP contribution in [0.4, 0.5) is 10.2 Å². The average molecular weight is 584 g/mol. The maximum atomic E-state index is 16.7. The number of piperazine rings is 1. The number of phenolic OH excluding ortho intramolecular Hbond substituents is 1. The van der Waals surface area contributed by atoms with E-state index in [1.807, 2.05) is 30.3 Å². The van der Waals surface area contributed by atoms with Crippen molar-refractivity contribution in [3.63, 3.8) is 0 Å². The molecule has 1 aromatic heterocycles. The van der Waals surface area contributed by atoms with Gasteiger partial charge in [0.2, 0.25) is 0 Å². The number of fused-ring (bicyclic) bond motifs is 5. The van der Waals surface area contributed by atoms with Crippen molar-refractivity contribution in [3.8, 4) is 22.9 Å². The average Bonchev–Trinajstić information content (AvgIpc) is 3.66. The minimum Gasteiger partial charge on any atom is -0.508 e. The molecule has 0 amide bonds. The molecule has 4 fully saturated rings. The number of anilines is 1. The molecule has 0 radical (unpaired) electrons. The lowest BCUT2D eigenvalue weighted by atomic mass is 9.95. The fourth-order valence-corrected chi connectivity index (χ4v) is 8.46. The Bertz CT molecular complexity index is 1670. The van der Waals surface area contributed by atoms with Crippen LogP contribution >= 0.6 is 0 Å². The van der Waals surface area contributed by atoms with Gasteiger partial charge in [-0.1, -0.05) is 30.3 Å². The monoisotopic (exact) mass is 583 g/mol. The number of aliphatic hydroxyl groups is 1. The fraction of sp³-hybridized carbons (Fsp3) is 0.471. The number of aliphatic hydroxyl groups excluding tert-OH is 1. The molecule has 4 saturated heterocycles. The summed E-state index contributed by atoms with van der Waals surface area (Å²) < 4.78 is 23.1. The highest BCUT2D eigenvalue weighted by Crippen LogP contribution is 2.42. The van der Waals surface area contributed by atoms with E-state index in [0.717, 1.165) is 62.6 Å². The molecule has 0 spiro atoms. The van der Waals surface area contributed by atoms with Gasteiger partial charge in [-0.2, -0.15) is 9.97 Å². The number of hydrogen-bond acceptors (Lipinski definition) is 8. The van der Waals surface area contributed by atoms with E-state index in [9.17, 15) is 10.2 Å². The van der Waals surface area contributed by atoms with Crippen molar-refractivity contribution in [1.82, 2.24) is 19.8 Å². The molecule has 2 atom stereocenters. The zero-order valence-corrected chi connectivity index (χ0v) is 24.4. The second-order valence-corrected chi connectivity index (χ2v) is 12.8. The van der Waals surface area contributed by atoms with Crippen LogP contribution in [0.2, 0.25) is 0 Å². The van der Waals surface area contributed by atoms with Crippen molar-refractivity contribution >= 4 is 27.5 Å². The first-order chi connectivity index (χ1) is 21.0. The van der Waals surface area contributed by atoms with Gasteiger partial charge in [0.25, 0.3) is 0 Å². The Hall–Kier alpha value is -3.53. The Morgan fingerprint density at radius 1 is 0.930 bits per heavy atom. The molecule has 5 heterocycles. The molecule has 2 bridgehead atoms. The van der Waals surface area contributed by atoms with Gasteiger partial charge < -0.3 is 19.8 Å². The molecule has 224 valence electrons. The van der Waals surface area contributed by atoms with E-state index in [4.69, 9.17) is 14.7 Å². The summed E-state index contributed by atoms with van der Waals surface area (Å²) in [6.45, 7) is 5.06. The Morgan fingerprint density at radius 2 is 1.70 bits per heavy atom.